The number of ether oxygens (including phenoxy) is 1. The van der Waals surface area contributed by atoms with Gasteiger partial charge in [0, 0.05) is 53.9 Å². The number of carbonyl (C=O) groups excluding carboxylic acids is 1. The molecule has 1 N–H and O–H groups in total. The van der Waals surface area contributed by atoms with Crippen LogP contribution in [-0.4, -0.2) is 61.3 Å². The summed E-state index contributed by atoms with van der Waals surface area (Å²) in [6, 6.07) is 12.8. The zero-order chi connectivity index (χ0) is 24.6. The zero-order valence-corrected chi connectivity index (χ0v) is 21.0. The number of hydrogen-bond donors (Lipinski definition) is 1. The van der Waals surface area contributed by atoms with Crippen LogP contribution in [0.4, 0.5) is 0 Å². The van der Waals surface area contributed by atoms with Crippen LogP contribution in [0.15, 0.2) is 59.6 Å². The van der Waals surface area contributed by atoms with Crippen LogP contribution in [0.1, 0.15) is 48.5 Å². The van der Waals surface area contributed by atoms with Crippen molar-refractivity contribution in [1.82, 2.24) is 14.2 Å². The molecule has 1 saturated heterocycles. The summed E-state index contributed by atoms with van der Waals surface area (Å²) in [5.41, 5.74) is 3.83. The molecular formula is C27H31N3O4S. The Morgan fingerprint density at radius 3 is 2.69 bits per heavy atom. The molecule has 0 radical (unpaired) electrons. The number of aromatic amines is 1. The lowest BCUT2D eigenvalue weighted by Crippen LogP contribution is -2.42. The zero-order valence-electron chi connectivity index (χ0n) is 20.2. The van der Waals surface area contributed by atoms with E-state index in [0.717, 1.165) is 31.2 Å². The second kappa shape index (κ2) is 9.51. The van der Waals surface area contributed by atoms with E-state index in [1.165, 1.54) is 29.7 Å². The lowest BCUT2D eigenvalue weighted by atomic mass is 9.98. The summed E-state index contributed by atoms with van der Waals surface area (Å²) in [6.45, 7) is 3.47. The molecule has 5 rings (SSSR count). The number of fused-ring (bicyclic) bond motifs is 1. The molecule has 1 aromatic heterocycles. The van der Waals surface area contributed by atoms with Gasteiger partial charge in [0.05, 0.1) is 7.11 Å². The number of methoxy groups -OCH3 is 1. The molecule has 7 nitrogen and oxygen atoms in total. The van der Waals surface area contributed by atoms with E-state index in [9.17, 15) is 13.2 Å². The monoisotopic (exact) mass is 493 g/mol. The molecular weight excluding hydrogens is 462 g/mol. The maximum absolute atomic E-state index is 13.5. The summed E-state index contributed by atoms with van der Waals surface area (Å²) in [5.74, 6) is 0.0875. The first kappa shape index (κ1) is 23.6. The van der Waals surface area contributed by atoms with Crippen molar-refractivity contribution in [2.24, 2.45) is 0 Å². The fourth-order valence-corrected chi connectivity index (χ4v) is 7.07. The molecule has 2 aliphatic rings. The number of hydrogen-bond acceptors (Lipinski definition) is 4. The maximum Gasteiger partial charge on any atom is 0.254 e. The fourth-order valence-electron chi connectivity index (χ4n) is 5.18. The third-order valence-corrected chi connectivity index (χ3v) is 9.21. The van der Waals surface area contributed by atoms with Gasteiger partial charge in [-0.25, -0.2) is 8.42 Å². The van der Waals surface area contributed by atoms with Gasteiger partial charge in [0.25, 0.3) is 5.91 Å². The van der Waals surface area contributed by atoms with E-state index in [1.807, 2.05) is 25.3 Å². The normalized spacial score (nSPS) is 19.5. The molecule has 1 unspecified atom stereocenters. The number of sulfonamides is 1. The van der Waals surface area contributed by atoms with E-state index < -0.39 is 10.0 Å². The molecule has 1 atom stereocenters. The second-order valence-electron chi connectivity index (χ2n) is 9.30. The first-order chi connectivity index (χ1) is 16.9. The van der Waals surface area contributed by atoms with Crippen molar-refractivity contribution in [1.29, 1.82) is 0 Å². The molecule has 0 bridgehead atoms. The summed E-state index contributed by atoms with van der Waals surface area (Å²) in [7, 11) is -2.32. The molecule has 0 saturated carbocycles. The summed E-state index contributed by atoms with van der Waals surface area (Å²) in [6.07, 6.45) is 7.54. The molecule has 3 heterocycles. The van der Waals surface area contributed by atoms with Crippen LogP contribution >= 0.6 is 0 Å². The molecule has 184 valence electrons. The molecule has 2 aromatic carbocycles. The molecule has 8 heteroatoms. The number of benzene rings is 2. The highest BCUT2D eigenvalue weighted by atomic mass is 32.2. The Morgan fingerprint density at radius 2 is 1.94 bits per heavy atom. The average Bonchev–Trinajstić information content (AvgIpc) is 3.32. The predicted octanol–water partition coefficient (Wildman–Crippen LogP) is 4.67. The molecule has 2 aliphatic heterocycles. The standard InChI is InChI=1S/C27H31N3O4S/c1-19-7-5-6-14-30(19)35(32,33)26-17-21(10-11-25(26)34-2)27(31)29-15-12-20(13-16-29)23-18-28-24-9-4-3-8-22(23)24/h3-4,8-12,17-19,28H,5-7,13-16H2,1-2H3. The van der Waals surface area contributed by atoms with Gasteiger partial charge in [0.2, 0.25) is 10.0 Å². The van der Waals surface area contributed by atoms with Gasteiger partial charge in [0.15, 0.2) is 0 Å². The largest absolute Gasteiger partial charge is 0.495 e. The molecule has 0 aliphatic carbocycles. The number of aromatic nitrogens is 1. The lowest BCUT2D eigenvalue weighted by molar-refractivity contribution is 0.0772. The van der Waals surface area contributed by atoms with Crippen molar-refractivity contribution in [3.05, 3.63) is 65.9 Å². The minimum atomic E-state index is -3.78. The minimum absolute atomic E-state index is 0.0617. The first-order valence-electron chi connectivity index (χ1n) is 12.1. The van der Waals surface area contributed by atoms with Crippen LogP contribution in [-0.2, 0) is 10.0 Å². The van der Waals surface area contributed by atoms with Crippen LogP contribution in [0.3, 0.4) is 0 Å². The molecule has 1 fully saturated rings. The molecule has 35 heavy (non-hydrogen) atoms. The van der Waals surface area contributed by atoms with Crippen molar-refractivity contribution in [2.45, 2.75) is 43.5 Å². The third kappa shape index (κ3) is 4.36. The predicted molar refractivity (Wildman–Crippen MR) is 137 cm³/mol. The summed E-state index contributed by atoms with van der Waals surface area (Å²) >= 11 is 0. The van der Waals surface area contributed by atoms with E-state index in [0.29, 0.717) is 25.2 Å². The van der Waals surface area contributed by atoms with Crippen LogP contribution < -0.4 is 4.74 Å². The second-order valence-corrected chi connectivity index (χ2v) is 11.2. The first-order valence-corrected chi connectivity index (χ1v) is 13.6. The summed E-state index contributed by atoms with van der Waals surface area (Å²) < 4.78 is 34.0. The smallest absolute Gasteiger partial charge is 0.254 e. The summed E-state index contributed by atoms with van der Waals surface area (Å²) in [5, 5.41) is 1.18. The Hall–Kier alpha value is -3.10. The van der Waals surface area contributed by atoms with Gasteiger partial charge in [-0.15, -0.1) is 0 Å². The average molecular weight is 494 g/mol. The van der Waals surface area contributed by atoms with Gasteiger partial charge in [-0.2, -0.15) is 4.31 Å². The number of piperidine rings is 1. The highest BCUT2D eigenvalue weighted by molar-refractivity contribution is 7.89. The number of rotatable bonds is 5. The number of carbonyl (C=O) groups is 1. The van der Waals surface area contributed by atoms with Gasteiger partial charge in [-0.05, 0) is 56.0 Å². The fraction of sp³-hybridized carbons (Fsp3) is 0.370. The van der Waals surface area contributed by atoms with E-state index >= 15 is 0 Å². The van der Waals surface area contributed by atoms with Gasteiger partial charge >= 0.3 is 0 Å². The van der Waals surface area contributed by atoms with E-state index in [1.54, 1.807) is 21.3 Å². The number of nitrogens with one attached hydrogen (secondary N) is 1. The van der Waals surface area contributed by atoms with E-state index in [2.05, 4.69) is 23.2 Å². The third-order valence-electron chi connectivity index (χ3n) is 7.17. The van der Waals surface area contributed by atoms with Crippen LogP contribution in [0.2, 0.25) is 0 Å². The number of para-hydroxylation sites is 1. The quantitative estimate of drug-likeness (QED) is 0.560. The minimum Gasteiger partial charge on any atom is -0.495 e. The number of nitrogens with zero attached hydrogens (tertiary/aromatic N) is 2. The van der Waals surface area contributed by atoms with Crippen molar-refractivity contribution in [2.75, 3.05) is 26.7 Å². The Balaban J connectivity index is 1.39. The summed E-state index contributed by atoms with van der Waals surface area (Å²) in [4.78, 5) is 18.5. The van der Waals surface area contributed by atoms with E-state index in [4.69, 9.17) is 4.74 Å². The van der Waals surface area contributed by atoms with Crippen LogP contribution in [0, 0.1) is 0 Å². The van der Waals surface area contributed by atoms with Gasteiger partial charge in [-0.1, -0.05) is 30.7 Å². The van der Waals surface area contributed by atoms with Crippen molar-refractivity contribution in [3.8, 4) is 5.75 Å². The molecule has 0 spiro atoms. The van der Waals surface area contributed by atoms with Crippen LogP contribution in [0.5, 0.6) is 5.75 Å². The topological polar surface area (TPSA) is 82.7 Å². The van der Waals surface area contributed by atoms with Crippen LogP contribution in [0.25, 0.3) is 16.5 Å². The maximum atomic E-state index is 13.5. The SMILES string of the molecule is COc1ccc(C(=O)N2CC=C(c3c[nH]c4ccccc34)CC2)cc1S(=O)(=O)N1CCCCC1C. The van der Waals surface area contributed by atoms with Crippen molar-refractivity contribution >= 4 is 32.4 Å². The van der Waals surface area contributed by atoms with E-state index in [-0.39, 0.29) is 22.6 Å². The van der Waals surface area contributed by atoms with Crippen molar-refractivity contribution in [3.63, 3.8) is 0 Å². The number of amides is 1. The Bertz CT molecular complexity index is 1390. The molecule has 1 amide bonds. The lowest BCUT2D eigenvalue weighted by Gasteiger charge is -2.32. The Morgan fingerprint density at radius 1 is 1.11 bits per heavy atom. The number of H-pyrrole nitrogens is 1. The highest BCUT2D eigenvalue weighted by Gasteiger charge is 2.34. The molecule has 3 aromatic rings. The van der Waals surface area contributed by atoms with Gasteiger partial charge < -0.3 is 14.6 Å². The Kier molecular flexibility index (Phi) is 6.42. The highest BCUT2D eigenvalue weighted by Crippen LogP contribution is 2.33. The van der Waals surface area contributed by atoms with Crippen molar-refractivity contribution < 1.29 is 17.9 Å². The van der Waals surface area contributed by atoms with Gasteiger partial charge in [0.1, 0.15) is 10.6 Å². The Labute approximate surface area is 206 Å². The van der Waals surface area contributed by atoms with Gasteiger partial charge in [-0.3, -0.25) is 4.79 Å².